The van der Waals surface area contributed by atoms with Gasteiger partial charge in [0.2, 0.25) is 0 Å². The van der Waals surface area contributed by atoms with Crippen LogP contribution in [0.5, 0.6) is 0 Å². The van der Waals surface area contributed by atoms with E-state index in [0.717, 1.165) is 0 Å². The molecule has 0 unspecified atom stereocenters. The molecule has 0 bridgehead atoms. The minimum absolute atomic E-state index is 1.19. The molecular formula is C13H14. The molecule has 0 nitrogen and oxygen atoms in total. The Morgan fingerprint density at radius 3 is 2.69 bits per heavy atom. The van der Waals surface area contributed by atoms with Gasteiger partial charge < -0.3 is 0 Å². The first-order valence-electron chi connectivity index (χ1n) is 5.05. The Morgan fingerprint density at radius 1 is 1.00 bits per heavy atom. The highest BCUT2D eigenvalue weighted by Crippen LogP contribution is 2.48. The molecular weight excluding hydrogens is 156 g/mol. The summed E-state index contributed by atoms with van der Waals surface area (Å²) in [4.78, 5) is 0. The fraction of sp³-hybridized carbons (Fsp3) is 0.385. The molecule has 3 aliphatic carbocycles. The maximum Gasteiger partial charge on any atom is -0.00174 e. The molecule has 0 fully saturated rings. The van der Waals surface area contributed by atoms with Crippen LogP contribution >= 0.6 is 0 Å². The lowest BCUT2D eigenvalue weighted by Gasteiger charge is -2.02. The third kappa shape index (κ3) is 0.810. The molecule has 13 heavy (non-hydrogen) atoms. The second-order valence-electron chi connectivity index (χ2n) is 4.33. The summed E-state index contributed by atoms with van der Waals surface area (Å²) in [7, 11) is 0. The number of rotatable bonds is 0. The minimum Gasteiger partial charge on any atom is -0.0798 e. The number of allylic oxidation sites excluding steroid dienone is 8. The average molecular weight is 170 g/mol. The van der Waals surface area contributed by atoms with Crippen molar-refractivity contribution >= 4 is 0 Å². The highest BCUT2D eigenvalue weighted by Gasteiger charge is 2.29. The smallest absolute Gasteiger partial charge is 0.00174 e. The van der Waals surface area contributed by atoms with Crippen molar-refractivity contribution in [2.24, 2.45) is 0 Å². The standard InChI is InChI=1S/C13H14/c1-8-6-13-11-5-3-4-10(11)7-12(13)9(8)2/h3-4H,5-7H2,1-2H3. The zero-order chi connectivity index (χ0) is 9.00. The van der Waals surface area contributed by atoms with Crippen molar-refractivity contribution in [3.05, 3.63) is 45.6 Å². The van der Waals surface area contributed by atoms with Crippen molar-refractivity contribution in [3.63, 3.8) is 0 Å². The van der Waals surface area contributed by atoms with E-state index in [1.54, 1.807) is 33.4 Å². The first kappa shape index (κ1) is 7.37. The fourth-order valence-corrected chi connectivity index (χ4v) is 2.74. The fourth-order valence-electron chi connectivity index (χ4n) is 2.74. The molecule has 0 radical (unpaired) electrons. The first-order chi connectivity index (χ1) is 6.27. The van der Waals surface area contributed by atoms with Crippen LogP contribution in [0.15, 0.2) is 45.6 Å². The van der Waals surface area contributed by atoms with Crippen molar-refractivity contribution < 1.29 is 0 Å². The maximum atomic E-state index is 2.32. The molecule has 0 heterocycles. The zero-order valence-corrected chi connectivity index (χ0v) is 8.28. The van der Waals surface area contributed by atoms with Gasteiger partial charge in [0.15, 0.2) is 0 Å². The van der Waals surface area contributed by atoms with E-state index in [-0.39, 0.29) is 0 Å². The Labute approximate surface area is 79.3 Å². The van der Waals surface area contributed by atoms with E-state index in [1.165, 1.54) is 19.3 Å². The lowest BCUT2D eigenvalue weighted by atomic mass is 10.0. The largest absolute Gasteiger partial charge is 0.0798 e. The lowest BCUT2D eigenvalue weighted by Crippen LogP contribution is -1.83. The minimum atomic E-state index is 1.19. The lowest BCUT2D eigenvalue weighted by molar-refractivity contribution is 1.11. The van der Waals surface area contributed by atoms with Crippen LogP contribution < -0.4 is 0 Å². The van der Waals surface area contributed by atoms with Crippen LogP contribution in [0.3, 0.4) is 0 Å². The van der Waals surface area contributed by atoms with Crippen LogP contribution in [0.2, 0.25) is 0 Å². The molecule has 0 heteroatoms. The van der Waals surface area contributed by atoms with Crippen molar-refractivity contribution in [1.29, 1.82) is 0 Å². The molecule has 3 aliphatic rings. The normalized spacial score (nSPS) is 25.1. The molecule has 0 aliphatic heterocycles. The molecule has 0 saturated heterocycles. The van der Waals surface area contributed by atoms with Crippen molar-refractivity contribution in [1.82, 2.24) is 0 Å². The summed E-state index contributed by atoms with van der Waals surface area (Å²) in [6, 6.07) is 0. The van der Waals surface area contributed by atoms with Gasteiger partial charge in [-0.3, -0.25) is 0 Å². The predicted molar refractivity (Wildman–Crippen MR) is 55.4 cm³/mol. The van der Waals surface area contributed by atoms with Gasteiger partial charge in [-0.15, -0.1) is 0 Å². The summed E-state index contributed by atoms with van der Waals surface area (Å²) in [6.45, 7) is 4.56. The number of fused-ring (bicyclic) bond motifs is 1. The SMILES string of the molecule is CC1=C(C)C2=C(C1)C1=C(C=CC1)C2. The summed E-state index contributed by atoms with van der Waals surface area (Å²) < 4.78 is 0. The van der Waals surface area contributed by atoms with E-state index in [0.29, 0.717) is 0 Å². The molecule has 0 atom stereocenters. The quantitative estimate of drug-likeness (QED) is 0.520. The van der Waals surface area contributed by atoms with E-state index >= 15 is 0 Å². The highest BCUT2D eigenvalue weighted by atomic mass is 14.3. The molecule has 0 aromatic heterocycles. The van der Waals surface area contributed by atoms with Gasteiger partial charge in [-0.2, -0.15) is 0 Å². The van der Waals surface area contributed by atoms with E-state index in [2.05, 4.69) is 26.0 Å². The van der Waals surface area contributed by atoms with Crippen LogP contribution in [0, 0.1) is 0 Å². The molecule has 3 rings (SSSR count). The van der Waals surface area contributed by atoms with Gasteiger partial charge in [-0.05, 0) is 61.0 Å². The van der Waals surface area contributed by atoms with Gasteiger partial charge in [0.25, 0.3) is 0 Å². The van der Waals surface area contributed by atoms with Gasteiger partial charge >= 0.3 is 0 Å². The summed E-state index contributed by atoms with van der Waals surface area (Å²) in [5.74, 6) is 0. The van der Waals surface area contributed by atoms with Crippen LogP contribution in [-0.4, -0.2) is 0 Å². The van der Waals surface area contributed by atoms with Crippen LogP contribution in [-0.2, 0) is 0 Å². The molecule has 0 amide bonds. The van der Waals surface area contributed by atoms with Gasteiger partial charge in [-0.25, -0.2) is 0 Å². The Morgan fingerprint density at radius 2 is 1.85 bits per heavy atom. The second kappa shape index (κ2) is 2.25. The van der Waals surface area contributed by atoms with Crippen molar-refractivity contribution in [2.75, 3.05) is 0 Å². The van der Waals surface area contributed by atoms with Crippen LogP contribution in [0.1, 0.15) is 33.1 Å². The van der Waals surface area contributed by atoms with E-state index in [1.807, 2.05) is 0 Å². The van der Waals surface area contributed by atoms with Crippen molar-refractivity contribution in [2.45, 2.75) is 33.1 Å². The summed E-state index contributed by atoms with van der Waals surface area (Å²) >= 11 is 0. The molecule has 0 spiro atoms. The molecule has 66 valence electrons. The van der Waals surface area contributed by atoms with Gasteiger partial charge in [0, 0.05) is 0 Å². The highest BCUT2D eigenvalue weighted by molar-refractivity contribution is 5.64. The van der Waals surface area contributed by atoms with Crippen molar-refractivity contribution in [3.8, 4) is 0 Å². The first-order valence-corrected chi connectivity index (χ1v) is 5.05. The van der Waals surface area contributed by atoms with Gasteiger partial charge in [-0.1, -0.05) is 17.7 Å². The maximum absolute atomic E-state index is 2.32. The predicted octanol–water partition coefficient (Wildman–Crippen LogP) is 3.68. The molecule has 0 aromatic carbocycles. The summed E-state index contributed by atoms with van der Waals surface area (Å²) in [5, 5.41) is 0. The second-order valence-corrected chi connectivity index (χ2v) is 4.33. The van der Waals surface area contributed by atoms with E-state index in [9.17, 15) is 0 Å². The van der Waals surface area contributed by atoms with Gasteiger partial charge in [0.1, 0.15) is 0 Å². The third-order valence-electron chi connectivity index (χ3n) is 3.66. The Hall–Kier alpha value is -1.04. The Kier molecular flexibility index (Phi) is 1.28. The Balaban J connectivity index is 2.05. The Bertz CT molecular complexity index is 411. The topological polar surface area (TPSA) is 0 Å². The molecule has 0 aromatic rings. The van der Waals surface area contributed by atoms with E-state index < -0.39 is 0 Å². The van der Waals surface area contributed by atoms with E-state index in [4.69, 9.17) is 0 Å². The molecule has 0 N–H and O–H groups in total. The van der Waals surface area contributed by atoms with Crippen LogP contribution in [0.25, 0.3) is 0 Å². The number of hydrogen-bond acceptors (Lipinski definition) is 0. The average Bonchev–Trinajstić information content (AvgIpc) is 2.70. The summed E-state index contributed by atoms with van der Waals surface area (Å²) in [6.07, 6.45) is 8.24. The zero-order valence-electron chi connectivity index (χ0n) is 8.28. The van der Waals surface area contributed by atoms with Gasteiger partial charge in [0.05, 0.1) is 0 Å². The summed E-state index contributed by atoms with van der Waals surface area (Å²) in [5.41, 5.74) is 9.70. The third-order valence-corrected chi connectivity index (χ3v) is 3.66. The van der Waals surface area contributed by atoms with Crippen LogP contribution in [0.4, 0.5) is 0 Å². The monoisotopic (exact) mass is 170 g/mol. The number of hydrogen-bond donors (Lipinski definition) is 0. The molecule has 0 saturated carbocycles.